The summed E-state index contributed by atoms with van der Waals surface area (Å²) in [7, 11) is 1.84. The van der Waals surface area contributed by atoms with Gasteiger partial charge in [0.1, 0.15) is 6.07 Å². The van der Waals surface area contributed by atoms with E-state index in [0.717, 1.165) is 38.3 Å². The van der Waals surface area contributed by atoms with Gasteiger partial charge < -0.3 is 15.3 Å². The minimum absolute atomic E-state index is 0.285. The topological polar surface area (TPSA) is 132 Å². The molecule has 35 heavy (non-hydrogen) atoms. The summed E-state index contributed by atoms with van der Waals surface area (Å²) in [5.74, 6) is -1.01. The van der Waals surface area contributed by atoms with E-state index < -0.39 is 5.97 Å². The lowest BCUT2D eigenvalue weighted by molar-refractivity contribution is -0.142. The zero-order valence-corrected chi connectivity index (χ0v) is 20.6. The summed E-state index contributed by atoms with van der Waals surface area (Å²) in [5, 5.41) is 36.1. The van der Waals surface area contributed by atoms with Crippen molar-refractivity contribution in [1.29, 1.82) is 5.26 Å². The van der Waals surface area contributed by atoms with Gasteiger partial charge in [-0.05, 0) is 37.1 Å². The van der Waals surface area contributed by atoms with Crippen LogP contribution < -0.4 is 10.2 Å². The van der Waals surface area contributed by atoms with Crippen molar-refractivity contribution >= 4 is 33.6 Å². The van der Waals surface area contributed by atoms with Gasteiger partial charge >= 0.3 is 5.97 Å². The third-order valence-electron chi connectivity index (χ3n) is 5.82. The molecule has 0 aromatic carbocycles. The molecule has 10 nitrogen and oxygen atoms in total. The van der Waals surface area contributed by atoms with Crippen molar-refractivity contribution in [2.24, 2.45) is 5.92 Å². The van der Waals surface area contributed by atoms with E-state index in [2.05, 4.69) is 36.6 Å². The van der Waals surface area contributed by atoms with E-state index in [9.17, 15) is 9.90 Å². The molecule has 5 rings (SSSR count). The predicted molar refractivity (Wildman–Crippen MR) is 136 cm³/mol. The molecule has 1 aliphatic rings. The van der Waals surface area contributed by atoms with Crippen molar-refractivity contribution in [2.75, 3.05) is 30.4 Å². The van der Waals surface area contributed by atoms with Crippen LogP contribution in [0.2, 0.25) is 0 Å². The quantitative estimate of drug-likeness (QED) is 0.423. The first kappa shape index (κ1) is 24.1. The smallest absolute Gasteiger partial charge is 0.306 e. The number of hydrogen-bond donors (Lipinski definition) is 2. The van der Waals surface area contributed by atoms with Crippen molar-refractivity contribution in [2.45, 2.75) is 26.7 Å². The summed E-state index contributed by atoms with van der Waals surface area (Å²) < 4.78 is 1.76. The van der Waals surface area contributed by atoms with Crippen molar-refractivity contribution in [3.8, 4) is 28.0 Å². The summed E-state index contributed by atoms with van der Waals surface area (Å²) in [5.41, 5.74) is 4.58. The number of rotatable bonds is 5. The van der Waals surface area contributed by atoms with E-state index in [4.69, 9.17) is 5.26 Å². The number of carbonyl (C=O) groups is 1. The minimum atomic E-state index is -0.728. The molecule has 0 radical (unpaired) electrons. The fourth-order valence-electron chi connectivity index (χ4n) is 4.00. The van der Waals surface area contributed by atoms with Gasteiger partial charge in [0.05, 0.1) is 40.1 Å². The summed E-state index contributed by atoms with van der Waals surface area (Å²) in [6.45, 7) is 5.31. The average molecular weight is 491 g/mol. The Labute approximate surface area is 206 Å². The van der Waals surface area contributed by atoms with E-state index in [1.807, 2.05) is 39.1 Å². The molecule has 180 valence electrons. The van der Waals surface area contributed by atoms with Gasteiger partial charge in [-0.15, -0.1) is 10.2 Å². The van der Waals surface area contributed by atoms with Gasteiger partial charge in [0.2, 0.25) is 5.13 Å². The molecule has 0 unspecified atom stereocenters. The Morgan fingerprint density at radius 1 is 1.20 bits per heavy atom. The SMILES string of the molecule is CC.CNc1cc(-c2ccc3cc(C#N)cnn23)ncc1-c1nnc(N2CCC(C(=O)O)CC2)s1. The van der Waals surface area contributed by atoms with Crippen LogP contribution in [0.25, 0.3) is 27.5 Å². The second-order valence-corrected chi connectivity index (χ2v) is 8.72. The van der Waals surface area contributed by atoms with Crippen molar-refractivity contribution in [3.05, 3.63) is 42.2 Å². The number of aromatic nitrogens is 5. The molecule has 4 aromatic rings. The minimum Gasteiger partial charge on any atom is -0.481 e. The van der Waals surface area contributed by atoms with Crippen LogP contribution in [0.15, 0.2) is 36.7 Å². The molecule has 4 aromatic heterocycles. The van der Waals surface area contributed by atoms with Crippen molar-refractivity contribution in [1.82, 2.24) is 24.8 Å². The number of carboxylic acids is 1. The van der Waals surface area contributed by atoms with Crippen molar-refractivity contribution in [3.63, 3.8) is 0 Å². The number of nitriles is 1. The molecular weight excluding hydrogens is 464 g/mol. The van der Waals surface area contributed by atoms with Crippen LogP contribution >= 0.6 is 11.3 Å². The lowest BCUT2D eigenvalue weighted by atomic mass is 9.98. The third-order valence-corrected chi connectivity index (χ3v) is 6.84. The Hall–Kier alpha value is -4.04. The fraction of sp³-hybridized carbons (Fsp3) is 0.333. The Morgan fingerprint density at radius 3 is 2.66 bits per heavy atom. The highest BCUT2D eigenvalue weighted by molar-refractivity contribution is 7.18. The lowest BCUT2D eigenvalue weighted by Gasteiger charge is -2.29. The molecule has 1 aliphatic heterocycles. The van der Waals surface area contributed by atoms with Gasteiger partial charge in [0.25, 0.3) is 0 Å². The molecule has 0 spiro atoms. The van der Waals surface area contributed by atoms with Crippen LogP contribution in [0.3, 0.4) is 0 Å². The Balaban J connectivity index is 0.00000141. The first-order valence-corrected chi connectivity index (χ1v) is 12.3. The number of nitrogens with one attached hydrogen (secondary N) is 1. The lowest BCUT2D eigenvalue weighted by Crippen LogP contribution is -2.36. The van der Waals surface area contributed by atoms with E-state index in [0.29, 0.717) is 31.5 Å². The molecule has 0 amide bonds. The van der Waals surface area contributed by atoms with Crippen LogP contribution in [0.5, 0.6) is 0 Å². The van der Waals surface area contributed by atoms with E-state index in [1.165, 1.54) is 17.5 Å². The molecule has 0 aliphatic carbocycles. The number of aliphatic carboxylic acids is 1. The molecule has 1 fully saturated rings. The number of fused-ring (bicyclic) bond motifs is 1. The van der Waals surface area contributed by atoms with Crippen LogP contribution in [0, 0.1) is 17.2 Å². The van der Waals surface area contributed by atoms with Gasteiger partial charge in [-0.2, -0.15) is 10.4 Å². The largest absolute Gasteiger partial charge is 0.481 e. The first-order valence-electron chi connectivity index (χ1n) is 11.4. The molecular formula is C24H26N8O2S. The summed E-state index contributed by atoms with van der Waals surface area (Å²) >= 11 is 1.47. The number of pyridine rings is 1. The number of nitrogens with zero attached hydrogens (tertiary/aromatic N) is 7. The monoisotopic (exact) mass is 490 g/mol. The zero-order chi connectivity index (χ0) is 24.9. The van der Waals surface area contributed by atoms with Gasteiger partial charge in [0, 0.05) is 32.0 Å². The second kappa shape index (κ2) is 10.5. The average Bonchev–Trinajstić information content (AvgIpc) is 3.57. The van der Waals surface area contributed by atoms with Crippen LogP contribution in [-0.2, 0) is 4.79 Å². The highest BCUT2D eigenvalue weighted by Crippen LogP contribution is 2.36. The third kappa shape index (κ3) is 4.79. The predicted octanol–water partition coefficient (Wildman–Crippen LogP) is 4.16. The van der Waals surface area contributed by atoms with E-state index >= 15 is 0 Å². The number of piperidine rings is 1. The molecule has 2 N–H and O–H groups in total. The van der Waals surface area contributed by atoms with Crippen LogP contribution in [0.4, 0.5) is 10.8 Å². The maximum absolute atomic E-state index is 11.2. The van der Waals surface area contributed by atoms with Crippen molar-refractivity contribution < 1.29 is 9.90 Å². The number of carboxylic acid groups (broad SMARTS) is 1. The first-order chi connectivity index (χ1) is 17.1. The molecule has 0 saturated carbocycles. The Kier molecular flexibility index (Phi) is 7.22. The van der Waals surface area contributed by atoms with Gasteiger partial charge in [-0.25, -0.2) is 4.52 Å². The van der Waals surface area contributed by atoms with Gasteiger partial charge in [0.15, 0.2) is 5.01 Å². The van der Waals surface area contributed by atoms with Crippen LogP contribution in [0.1, 0.15) is 32.3 Å². The molecule has 5 heterocycles. The second-order valence-electron chi connectivity index (χ2n) is 7.77. The summed E-state index contributed by atoms with van der Waals surface area (Å²) in [6, 6.07) is 9.66. The zero-order valence-electron chi connectivity index (χ0n) is 19.8. The Bertz CT molecular complexity index is 1380. The molecule has 0 bridgehead atoms. The summed E-state index contributed by atoms with van der Waals surface area (Å²) in [4.78, 5) is 17.9. The maximum atomic E-state index is 11.2. The number of anilines is 2. The normalized spacial score (nSPS) is 13.7. The van der Waals surface area contributed by atoms with Gasteiger partial charge in [-0.3, -0.25) is 9.78 Å². The van der Waals surface area contributed by atoms with Gasteiger partial charge in [-0.1, -0.05) is 25.2 Å². The number of hydrogen-bond acceptors (Lipinski definition) is 9. The fourth-order valence-corrected chi connectivity index (χ4v) is 4.92. The molecule has 11 heteroatoms. The molecule has 1 saturated heterocycles. The molecule has 0 atom stereocenters. The maximum Gasteiger partial charge on any atom is 0.306 e. The summed E-state index contributed by atoms with van der Waals surface area (Å²) in [6.07, 6.45) is 4.52. The Morgan fingerprint density at radius 2 is 1.97 bits per heavy atom. The highest BCUT2D eigenvalue weighted by Gasteiger charge is 2.26. The van der Waals surface area contributed by atoms with E-state index in [-0.39, 0.29) is 5.92 Å². The van der Waals surface area contributed by atoms with Crippen LogP contribution in [-0.4, -0.2) is 56.0 Å². The standard InChI is InChI=1S/C22H20N8O2S.C2H6/c1-24-17-9-18(19-3-2-15-8-13(10-23)11-26-30(15)19)25-12-16(17)20-27-28-22(33-20)29-6-4-14(5-7-29)21(31)32;1-2/h2-3,8-9,11-12,14H,4-7H2,1H3,(H,24,25)(H,31,32);1-2H3. The highest BCUT2D eigenvalue weighted by atomic mass is 32.1. The van der Waals surface area contributed by atoms with E-state index in [1.54, 1.807) is 16.8 Å².